The second kappa shape index (κ2) is 4.90. The van der Waals surface area contributed by atoms with Crippen LogP contribution in [0.25, 0.3) is 10.1 Å². The number of amides is 1. The molecule has 5 heteroatoms. The number of carbonyl (C=O) groups excluding carboxylic acids is 1. The van der Waals surface area contributed by atoms with Crippen LogP contribution in [0.2, 0.25) is 0 Å². The summed E-state index contributed by atoms with van der Waals surface area (Å²) in [6.07, 6.45) is -0.549. The molecule has 1 aromatic heterocycles. The molecule has 2 rings (SSSR count). The SMILES string of the molecule is CC(C)(C)OC(=O)Nc1c(C#N)sc2ccccc12. The molecule has 19 heavy (non-hydrogen) atoms. The predicted molar refractivity (Wildman–Crippen MR) is 76.4 cm³/mol. The number of nitrogens with one attached hydrogen (secondary N) is 1. The van der Waals surface area contributed by atoms with Gasteiger partial charge in [0.05, 0.1) is 5.69 Å². The Morgan fingerprint density at radius 3 is 2.68 bits per heavy atom. The summed E-state index contributed by atoms with van der Waals surface area (Å²) in [7, 11) is 0. The number of nitrogens with zero attached hydrogens (tertiary/aromatic N) is 1. The van der Waals surface area contributed by atoms with Crippen LogP contribution in [0.15, 0.2) is 24.3 Å². The lowest BCUT2D eigenvalue weighted by atomic mass is 10.2. The van der Waals surface area contributed by atoms with E-state index in [-0.39, 0.29) is 0 Å². The molecule has 1 heterocycles. The molecule has 0 aliphatic heterocycles. The van der Waals surface area contributed by atoms with Crippen LogP contribution in [0.5, 0.6) is 0 Å². The number of thiophene rings is 1. The third kappa shape index (κ3) is 3.04. The van der Waals surface area contributed by atoms with Crippen LogP contribution in [-0.2, 0) is 4.74 Å². The molecule has 0 saturated carbocycles. The summed E-state index contributed by atoms with van der Waals surface area (Å²) in [5.41, 5.74) is -0.0414. The van der Waals surface area contributed by atoms with Crippen LogP contribution < -0.4 is 5.32 Å². The molecule has 1 aromatic carbocycles. The number of benzene rings is 1. The van der Waals surface area contributed by atoms with Crippen molar-refractivity contribution in [3.63, 3.8) is 0 Å². The van der Waals surface area contributed by atoms with Crippen LogP contribution in [-0.4, -0.2) is 11.7 Å². The molecule has 0 aliphatic rings. The monoisotopic (exact) mass is 274 g/mol. The standard InChI is InChI=1S/C14H14N2O2S/c1-14(2,3)18-13(17)16-12-9-6-4-5-7-10(9)19-11(12)8-15/h4-7H,1-3H3,(H,16,17). The van der Waals surface area contributed by atoms with Gasteiger partial charge in [0.1, 0.15) is 16.5 Å². The first kappa shape index (κ1) is 13.4. The van der Waals surface area contributed by atoms with Gasteiger partial charge in [0.2, 0.25) is 0 Å². The smallest absolute Gasteiger partial charge is 0.412 e. The fourth-order valence-corrected chi connectivity index (χ4v) is 2.61. The van der Waals surface area contributed by atoms with Crippen molar-refractivity contribution in [2.24, 2.45) is 0 Å². The number of nitriles is 1. The van der Waals surface area contributed by atoms with E-state index in [4.69, 9.17) is 10.00 Å². The Labute approximate surface area is 115 Å². The number of hydrogen-bond donors (Lipinski definition) is 1. The Morgan fingerprint density at radius 2 is 2.05 bits per heavy atom. The summed E-state index contributed by atoms with van der Waals surface area (Å²) < 4.78 is 6.17. The Morgan fingerprint density at radius 1 is 1.37 bits per heavy atom. The molecule has 0 atom stereocenters. The van der Waals surface area contributed by atoms with E-state index in [0.29, 0.717) is 10.6 Å². The van der Waals surface area contributed by atoms with Gasteiger partial charge in [-0.2, -0.15) is 5.26 Å². The zero-order valence-corrected chi connectivity index (χ0v) is 11.8. The van der Waals surface area contributed by atoms with E-state index < -0.39 is 11.7 Å². The number of hydrogen-bond acceptors (Lipinski definition) is 4. The topological polar surface area (TPSA) is 62.1 Å². The third-order valence-electron chi connectivity index (χ3n) is 2.32. The first-order chi connectivity index (χ1) is 8.90. The average molecular weight is 274 g/mol. The minimum atomic E-state index is -0.567. The van der Waals surface area contributed by atoms with E-state index in [1.165, 1.54) is 11.3 Å². The molecular formula is C14H14N2O2S. The van der Waals surface area contributed by atoms with Crippen LogP contribution in [0.4, 0.5) is 10.5 Å². The van der Waals surface area contributed by atoms with Crippen molar-refractivity contribution in [1.29, 1.82) is 5.26 Å². The van der Waals surface area contributed by atoms with Gasteiger partial charge in [0, 0.05) is 10.1 Å². The number of fused-ring (bicyclic) bond motifs is 1. The van der Waals surface area contributed by atoms with Gasteiger partial charge >= 0.3 is 6.09 Å². The lowest BCUT2D eigenvalue weighted by Crippen LogP contribution is -2.27. The van der Waals surface area contributed by atoms with Crippen molar-refractivity contribution < 1.29 is 9.53 Å². The van der Waals surface area contributed by atoms with Gasteiger partial charge < -0.3 is 4.74 Å². The van der Waals surface area contributed by atoms with Gasteiger partial charge in [0.15, 0.2) is 0 Å². The van der Waals surface area contributed by atoms with Gasteiger partial charge in [-0.05, 0) is 26.8 Å². The van der Waals surface area contributed by atoms with Crippen molar-refractivity contribution in [2.45, 2.75) is 26.4 Å². The van der Waals surface area contributed by atoms with Crippen molar-refractivity contribution >= 4 is 33.2 Å². The zero-order valence-electron chi connectivity index (χ0n) is 11.0. The summed E-state index contributed by atoms with van der Waals surface area (Å²) in [6, 6.07) is 9.67. The van der Waals surface area contributed by atoms with Crippen molar-refractivity contribution in [3.05, 3.63) is 29.1 Å². The summed E-state index contributed by atoms with van der Waals surface area (Å²) >= 11 is 1.35. The Hall–Kier alpha value is -2.06. The molecule has 2 aromatic rings. The van der Waals surface area contributed by atoms with Gasteiger partial charge in [-0.25, -0.2) is 4.79 Å². The Kier molecular flexibility index (Phi) is 3.45. The minimum absolute atomic E-state index is 0.479. The molecule has 0 bridgehead atoms. The molecule has 0 radical (unpaired) electrons. The Bertz CT molecular complexity index is 662. The number of carbonyl (C=O) groups is 1. The van der Waals surface area contributed by atoms with Crippen molar-refractivity contribution in [1.82, 2.24) is 0 Å². The fraction of sp³-hybridized carbons (Fsp3) is 0.286. The lowest BCUT2D eigenvalue weighted by molar-refractivity contribution is 0.0636. The molecule has 1 N–H and O–H groups in total. The van der Waals surface area contributed by atoms with E-state index in [0.717, 1.165) is 10.1 Å². The summed E-state index contributed by atoms with van der Waals surface area (Å²) in [6.45, 7) is 5.39. The number of anilines is 1. The Balaban J connectivity index is 2.35. The maximum absolute atomic E-state index is 11.8. The van der Waals surface area contributed by atoms with E-state index in [2.05, 4.69) is 11.4 Å². The van der Waals surface area contributed by atoms with Crippen LogP contribution in [0.1, 0.15) is 25.6 Å². The number of rotatable bonds is 1. The molecule has 0 fully saturated rings. The summed E-state index contributed by atoms with van der Waals surface area (Å²) in [5.74, 6) is 0. The number of ether oxygens (including phenoxy) is 1. The fourth-order valence-electron chi connectivity index (χ4n) is 1.65. The van der Waals surface area contributed by atoms with Crippen LogP contribution in [0, 0.1) is 11.3 Å². The normalized spacial score (nSPS) is 11.1. The van der Waals surface area contributed by atoms with Gasteiger partial charge in [-0.3, -0.25) is 5.32 Å². The molecule has 4 nitrogen and oxygen atoms in total. The minimum Gasteiger partial charge on any atom is -0.444 e. The predicted octanol–water partition coefficient (Wildman–Crippen LogP) is 4.12. The molecular weight excluding hydrogens is 260 g/mol. The van der Waals surface area contributed by atoms with Crippen molar-refractivity contribution in [3.8, 4) is 6.07 Å². The van der Waals surface area contributed by atoms with E-state index in [1.807, 2.05) is 24.3 Å². The van der Waals surface area contributed by atoms with Gasteiger partial charge in [-0.1, -0.05) is 18.2 Å². The zero-order chi connectivity index (χ0) is 14.0. The van der Waals surface area contributed by atoms with Crippen LogP contribution in [0.3, 0.4) is 0 Å². The molecule has 1 amide bonds. The van der Waals surface area contributed by atoms with Crippen LogP contribution >= 0.6 is 11.3 Å². The second-order valence-corrected chi connectivity index (χ2v) is 6.09. The highest BCUT2D eigenvalue weighted by atomic mass is 32.1. The first-order valence-electron chi connectivity index (χ1n) is 5.82. The van der Waals surface area contributed by atoms with E-state index >= 15 is 0 Å². The molecule has 98 valence electrons. The van der Waals surface area contributed by atoms with Gasteiger partial charge in [-0.15, -0.1) is 11.3 Å². The second-order valence-electron chi connectivity index (χ2n) is 5.04. The molecule has 0 aliphatic carbocycles. The summed E-state index contributed by atoms with van der Waals surface area (Å²) in [4.78, 5) is 12.3. The molecule has 0 spiro atoms. The van der Waals surface area contributed by atoms with E-state index in [1.54, 1.807) is 20.8 Å². The highest BCUT2D eigenvalue weighted by Crippen LogP contribution is 2.35. The van der Waals surface area contributed by atoms with Crippen molar-refractivity contribution in [2.75, 3.05) is 5.32 Å². The van der Waals surface area contributed by atoms with Gasteiger partial charge in [0.25, 0.3) is 0 Å². The summed E-state index contributed by atoms with van der Waals surface area (Å²) in [5, 5.41) is 12.7. The van der Waals surface area contributed by atoms with E-state index in [9.17, 15) is 4.79 Å². The largest absolute Gasteiger partial charge is 0.444 e. The average Bonchev–Trinajstić information content (AvgIpc) is 2.65. The highest BCUT2D eigenvalue weighted by Gasteiger charge is 2.19. The third-order valence-corrected chi connectivity index (χ3v) is 3.40. The first-order valence-corrected chi connectivity index (χ1v) is 6.64. The highest BCUT2D eigenvalue weighted by molar-refractivity contribution is 7.20. The maximum Gasteiger partial charge on any atom is 0.412 e. The maximum atomic E-state index is 11.8. The lowest BCUT2D eigenvalue weighted by Gasteiger charge is -2.19. The quantitative estimate of drug-likeness (QED) is 0.850. The molecule has 0 saturated heterocycles. The molecule has 0 unspecified atom stereocenters.